The number of likely N-dealkylation sites (N-methyl/N-ethyl adjacent to an activating group) is 1. The maximum Gasteiger partial charge on any atom is 0.248 e. The maximum atomic E-state index is 12.3. The van der Waals surface area contributed by atoms with E-state index in [1.54, 1.807) is 0 Å². The Kier molecular flexibility index (Phi) is 3.20. The van der Waals surface area contributed by atoms with Gasteiger partial charge in [-0.25, -0.2) is 0 Å². The summed E-state index contributed by atoms with van der Waals surface area (Å²) in [5.74, 6) is 0.646. The zero-order valence-electron chi connectivity index (χ0n) is 10.9. The van der Waals surface area contributed by atoms with E-state index in [1.165, 1.54) is 5.56 Å². The quantitative estimate of drug-likeness (QED) is 0.867. The zero-order valence-corrected chi connectivity index (χ0v) is 10.9. The molecule has 0 fully saturated rings. The minimum absolute atomic E-state index is 0.172. The van der Waals surface area contributed by atoms with Crippen molar-refractivity contribution in [3.05, 3.63) is 29.3 Å². The molecule has 17 heavy (non-hydrogen) atoms. The molecule has 0 radical (unpaired) electrons. The monoisotopic (exact) mass is 232 g/mol. The molecule has 0 aromatic heterocycles. The number of anilines is 1. The Morgan fingerprint density at radius 3 is 2.71 bits per heavy atom. The number of carbonyl (C=O) groups excluding carboxylic acids is 1. The third-order valence-electron chi connectivity index (χ3n) is 3.20. The van der Waals surface area contributed by atoms with Gasteiger partial charge in [-0.15, -0.1) is 0 Å². The lowest BCUT2D eigenvalue weighted by atomic mass is 10.1. The van der Waals surface area contributed by atoms with E-state index in [9.17, 15) is 4.79 Å². The Morgan fingerprint density at radius 1 is 1.41 bits per heavy atom. The zero-order chi connectivity index (χ0) is 12.6. The second kappa shape index (κ2) is 4.49. The van der Waals surface area contributed by atoms with Crippen molar-refractivity contribution in [3.8, 4) is 0 Å². The van der Waals surface area contributed by atoms with Crippen LogP contribution in [0.15, 0.2) is 18.2 Å². The predicted molar refractivity (Wildman–Crippen MR) is 70.2 cm³/mol. The van der Waals surface area contributed by atoms with Crippen molar-refractivity contribution in [2.45, 2.75) is 26.8 Å². The normalized spacial score (nSPS) is 19.0. The van der Waals surface area contributed by atoms with Crippen molar-refractivity contribution >= 4 is 11.6 Å². The molecule has 1 aliphatic rings. The largest absolute Gasteiger partial charge is 0.310 e. The Bertz CT molecular complexity index is 440. The number of aryl methyl sites for hydroxylation is 1. The summed E-state index contributed by atoms with van der Waals surface area (Å²) in [4.78, 5) is 14.3. The molecule has 1 heterocycles. The molecule has 92 valence electrons. The van der Waals surface area contributed by atoms with Crippen molar-refractivity contribution in [3.63, 3.8) is 0 Å². The van der Waals surface area contributed by atoms with E-state index in [1.807, 2.05) is 24.1 Å². The molecule has 0 aliphatic carbocycles. The topological polar surface area (TPSA) is 32.3 Å². The van der Waals surface area contributed by atoms with Gasteiger partial charge in [0, 0.05) is 12.1 Å². The van der Waals surface area contributed by atoms with Gasteiger partial charge >= 0.3 is 0 Å². The van der Waals surface area contributed by atoms with Crippen LogP contribution in [0.25, 0.3) is 0 Å². The summed E-state index contributed by atoms with van der Waals surface area (Å²) in [7, 11) is 1.84. The van der Waals surface area contributed by atoms with Crippen LogP contribution >= 0.6 is 0 Å². The second-order valence-electron chi connectivity index (χ2n) is 5.08. The SMILES string of the molecule is CNC1C(=O)N(CC(C)C)c2c(C)cccc21. The Balaban J connectivity index is 2.48. The van der Waals surface area contributed by atoms with E-state index in [-0.39, 0.29) is 11.9 Å². The standard InChI is InChI=1S/C14H20N2O/c1-9(2)8-16-13-10(3)6-5-7-11(13)12(15-4)14(16)17/h5-7,9,12,15H,8H2,1-4H3. The summed E-state index contributed by atoms with van der Waals surface area (Å²) in [6.07, 6.45) is 0. The third kappa shape index (κ3) is 1.95. The molecular weight excluding hydrogens is 212 g/mol. The minimum Gasteiger partial charge on any atom is -0.310 e. The first-order valence-electron chi connectivity index (χ1n) is 6.14. The van der Waals surface area contributed by atoms with Gasteiger partial charge in [-0.2, -0.15) is 0 Å². The fourth-order valence-electron chi connectivity index (χ4n) is 2.51. The molecule has 1 aromatic rings. The summed E-state index contributed by atoms with van der Waals surface area (Å²) in [5.41, 5.74) is 3.39. The average Bonchev–Trinajstić information content (AvgIpc) is 2.52. The molecule has 0 saturated carbocycles. The van der Waals surface area contributed by atoms with Crippen LogP contribution in [0.3, 0.4) is 0 Å². The van der Waals surface area contributed by atoms with Crippen LogP contribution in [-0.4, -0.2) is 19.5 Å². The van der Waals surface area contributed by atoms with Gasteiger partial charge in [-0.05, 0) is 25.5 Å². The average molecular weight is 232 g/mol. The van der Waals surface area contributed by atoms with E-state index < -0.39 is 0 Å². The van der Waals surface area contributed by atoms with Crippen molar-refractivity contribution in [2.24, 2.45) is 5.92 Å². The number of benzene rings is 1. The molecular formula is C14H20N2O. The number of hydrogen-bond donors (Lipinski definition) is 1. The van der Waals surface area contributed by atoms with Gasteiger partial charge in [0.15, 0.2) is 0 Å². The highest BCUT2D eigenvalue weighted by molar-refractivity contribution is 6.05. The van der Waals surface area contributed by atoms with Crippen LogP contribution in [0.2, 0.25) is 0 Å². The van der Waals surface area contributed by atoms with Crippen molar-refractivity contribution < 1.29 is 4.79 Å². The van der Waals surface area contributed by atoms with E-state index >= 15 is 0 Å². The molecule has 1 aromatic carbocycles. The third-order valence-corrected chi connectivity index (χ3v) is 3.20. The molecule has 1 unspecified atom stereocenters. The van der Waals surface area contributed by atoms with Gasteiger partial charge in [-0.3, -0.25) is 4.79 Å². The number of hydrogen-bond acceptors (Lipinski definition) is 2. The number of amides is 1. The van der Waals surface area contributed by atoms with E-state index in [0.29, 0.717) is 5.92 Å². The first kappa shape index (κ1) is 12.1. The molecule has 1 aliphatic heterocycles. The number of para-hydroxylation sites is 1. The summed E-state index contributed by atoms with van der Waals surface area (Å²) in [6.45, 7) is 7.13. The van der Waals surface area contributed by atoms with E-state index in [0.717, 1.165) is 17.8 Å². The number of nitrogens with one attached hydrogen (secondary N) is 1. The van der Waals surface area contributed by atoms with Crippen LogP contribution in [0.5, 0.6) is 0 Å². The Morgan fingerprint density at radius 2 is 2.12 bits per heavy atom. The fourth-order valence-corrected chi connectivity index (χ4v) is 2.51. The highest BCUT2D eigenvalue weighted by atomic mass is 16.2. The number of fused-ring (bicyclic) bond motifs is 1. The lowest BCUT2D eigenvalue weighted by Crippen LogP contribution is -2.35. The Hall–Kier alpha value is -1.35. The molecule has 3 heteroatoms. The van der Waals surface area contributed by atoms with Gasteiger partial charge in [-0.1, -0.05) is 32.0 Å². The second-order valence-corrected chi connectivity index (χ2v) is 5.08. The van der Waals surface area contributed by atoms with Gasteiger partial charge < -0.3 is 10.2 Å². The molecule has 2 rings (SSSR count). The van der Waals surface area contributed by atoms with E-state index in [4.69, 9.17) is 0 Å². The lowest BCUT2D eigenvalue weighted by molar-refractivity contribution is -0.120. The first-order chi connectivity index (χ1) is 8.06. The predicted octanol–water partition coefficient (Wildman–Crippen LogP) is 2.26. The van der Waals surface area contributed by atoms with E-state index in [2.05, 4.69) is 32.2 Å². The Labute approximate surface area is 103 Å². The van der Waals surface area contributed by atoms with Crippen LogP contribution in [0, 0.1) is 12.8 Å². The van der Waals surface area contributed by atoms with Gasteiger partial charge in [0.05, 0.1) is 5.69 Å². The summed E-state index contributed by atoms with van der Waals surface area (Å²) in [6, 6.07) is 5.95. The van der Waals surface area contributed by atoms with Crippen molar-refractivity contribution in [2.75, 3.05) is 18.5 Å². The fraction of sp³-hybridized carbons (Fsp3) is 0.500. The van der Waals surface area contributed by atoms with Crippen LogP contribution in [0.1, 0.15) is 31.0 Å². The maximum absolute atomic E-state index is 12.3. The van der Waals surface area contributed by atoms with Crippen LogP contribution in [0.4, 0.5) is 5.69 Å². The molecule has 1 N–H and O–H groups in total. The van der Waals surface area contributed by atoms with Crippen LogP contribution in [-0.2, 0) is 4.79 Å². The highest BCUT2D eigenvalue weighted by Gasteiger charge is 2.37. The molecule has 0 saturated heterocycles. The van der Waals surface area contributed by atoms with Gasteiger partial charge in [0.25, 0.3) is 0 Å². The molecule has 1 amide bonds. The molecule has 0 bridgehead atoms. The molecule has 3 nitrogen and oxygen atoms in total. The van der Waals surface area contributed by atoms with Crippen molar-refractivity contribution in [1.82, 2.24) is 5.32 Å². The van der Waals surface area contributed by atoms with Crippen LogP contribution < -0.4 is 10.2 Å². The summed E-state index contributed by atoms with van der Waals surface area (Å²) in [5, 5.41) is 3.11. The first-order valence-corrected chi connectivity index (χ1v) is 6.14. The summed E-state index contributed by atoms with van der Waals surface area (Å²) >= 11 is 0. The smallest absolute Gasteiger partial charge is 0.248 e. The van der Waals surface area contributed by atoms with Crippen molar-refractivity contribution in [1.29, 1.82) is 0 Å². The lowest BCUT2D eigenvalue weighted by Gasteiger charge is -2.21. The molecule has 0 spiro atoms. The number of nitrogens with zero attached hydrogens (tertiary/aromatic N) is 1. The molecule has 1 atom stereocenters. The highest BCUT2D eigenvalue weighted by Crippen LogP contribution is 2.38. The van der Waals surface area contributed by atoms with Gasteiger partial charge in [0.1, 0.15) is 6.04 Å². The summed E-state index contributed by atoms with van der Waals surface area (Å²) < 4.78 is 0. The van der Waals surface area contributed by atoms with Gasteiger partial charge in [0.2, 0.25) is 5.91 Å². The number of rotatable bonds is 3. The minimum atomic E-state index is -0.177. The number of carbonyl (C=O) groups is 1.